The Morgan fingerprint density at radius 3 is 2.80 bits per heavy atom. The van der Waals surface area contributed by atoms with Crippen LogP contribution in [0.2, 0.25) is 0 Å². The van der Waals surface area contributed by atoms with Gasteiger partial charge >= 0.3 is 0 Å². The summed E-state index contributed by atoms with van der Waals surface area (Å²) in [5, 5.41) is 2.70. The lowest BCUT2D eigenvalue weighted by Gasteiger charge is -2.19. The third kappa shape index (κ3) is 2.53. The van der Waals surface area contributed by atoms with Gasteiger partial charge in [-0.25, -0.2) is 0 Å². The third-order valence-corrected chi connectivity index (χ3v) is 5.02. The van der Waals surface area contributed by atoms with Crippen LogP contribution in [-0.4, -0.2) is 18.3 Å². The molecule has 0 radical (unpaired) electrons. The monoisotopic (exact) mass is 415 g/mol. The first-order valence-electron chi connectivity index (χ1n) is 5.61. The number of amides is 1. The van der Waals surface area contributed by atoms with Gasteiger partial charge in [0.1, 0.15) is 5.75 Å². The number of hydrogen-bond acceptors (Lipinski definition) is 4. The SMILES string of the molecule is O=C1COc2cc(C(=O)c3ccc(Br)s3)c(Br)cc2N1. The predicted octanol–water partition coefficient (Wildman–Crippen LogP) is 3.84. The summed E-state index contributed by atoms with van der Waals surface area (Å²) in [7, 11) is 0. The number of thiophene rings is 1. The number of fused-ring (bicyclic) bond motifs is 1. The van der Waals surface area contributed by atoms with Crippen LogP contribution in [0.25, 0.3) is 0 Å². The predicted molar refractivity (Wildman–Crippen MR) is 83.7 cm³/mol. The number of rotatable bonds is 2. The molecular formula is C13H7Br2NO3S. The van der Waals surface area contributed by atoms with Crippen LogP contribution in [0.1, 0.15) is 15.2 Å². The topological polar surface area (TPSA) is 55.4 Å². The van der Waals surface area contributed by atoms with Crippen molar-refractivity contribution in [2.75, 3.05) is 11.9 Å². The van der Waals surface area contributed by atoms with E-state index in [4.69, 9.17) is 4.74 Å². The molecule has 0 bridgehead atoms. The molecule has 1 aromatic carbocycles. The number of benzene rings is 1. The van der Waals surface area contributed by atoms with E-state index in [9.17, 15) is 9.59 Å². The number of nitrogens with one attached hydrogen (secondary N) is 1. The Bertz CT molecular complexity index is 726. The van der Waals surface area contributed by atoms with E-state index in [-0.39, 0.29) is 18.3 Å². The summed E-state index contributed by atoms with van der Waals surface area (Å²) in [6.45, 7) is -0.0349. The first-order valence-corrected chi connectivity index (χ1v) is 8.01. The Morgan fingerprint density at radius 1 is 1.30 bits per heavy atom. The van der Waals surface area contributed by atoms with Crippen LogP contribution in [0.15, 0.2) is 32.5 Å². The van der Waals surface area contributed by atoms with E-state index in [1.165, 1.54) is 11.3 Å². The minimum atomic E-state index is -0.203. The second-order valence-corrected chi connectivity index (χ2v) is 7.42. The van der Waals surface area contributed by atoms with E-state index in [1.54, 1.807) is 18.2 Å². The fourth-order valence-electron chi connectivity index (χ4n) is 1.84. The highest BCUT2D eigenvalue weighted by molar-refractivity contribution is 9.11. The summed E-state index contributed by atoms with van der Waals surface area (Å²) in [6, 6.07) is 6.93. The molecule has 0 fully saturated rings. The third-order valence-electron chi connectivity index (χ3n) is 2.74. The summed E-state index contributed by atoms with van der Waals surface area (Å²) < 4.78 is 6.85. The zero-order valence-electron chi connectivity index (χ0n) is 9.91. The van der Waals surface area contributed by atoms with Gasteiger partial charge in [-0.15, -0.1) is 11.3 Å². The zero-order valence-corrected chi connectivity index (χ0v) is 13.9. The van der Waals surface area contributed by atoms with Crippen molar-refractivity contribution in [1.82, 2.24) is 0 Å². The average molecular weight is 417 g/mol. The fourth-order valence-corrected chi connectivity index (χ4v) is 3.71. The van der Waals surface area contributed by atoms with Crippen molar-refractivity contribution in [3.05, 3.63) is 43.0 Å². The van der Waals surface area contributed by atoms with Crippen LogP contribution >= 0.6 is 43.2 Å². The smallest absolute Gasteiger partial charge is 0.262 e. The quantitative estimate of drug-likeness (QED) is 0.756. The van der Waals surface area contributed by atoms with Crippen molar-refractivity contribution in [3.63, 3.8) is 0 Å². The summed E-state index contributed by atoms with van der Waals surface area (Å²) in [5.41, 5.74) is 1.08. The van der Waals surface area contributed by atoms with Crippen LogP contribution in [0.3, 0.4) is 0 Å². The maximum absolute atomic E-state index is 12.4. The molecule has 20 heavy (non-hydrogen) atoms. The van der Waals surface area contributed by atoms with E-state index < -0.39 is 0 Å². The van der Waals surface area contributed by atoms with Gasteiger partial charge in [0.2, 0.25) is 5.78 Å². The van der Waals surface area contributed by atoms with Crippen LogP contribution in [0.5, 0.6) is 5.75 Å². The first kappa shape index (κ1) is 13.8. The van der Waals surface area contributed by atoms with E-state index in [1.807, 2.05) is 6.07 Å². The number of carbonyl (C=O) groups is 2. The molecule has 1 aromatic heterocycles. The molecule has 1 amide bonds. The van der Waals surface area contributed by atoms with Crippen molar-refractivity contribution in [1.29, 1.82) is 0 Å². The number of ether oxygens (including phenoxy) is 1. The number of ketones is 1. The molecule has 4 nitrogen and oxygen atoms in total. The van der Waals surface area contributed by atoms with Crippen molar-refractivity contribution in [3.8, 4) is 5.75 Å². The number of carbonyl (C=O) groups excluding carboxylic acids is 2. The first-order chi connectivity index (χ1) is 9.54. The standard InChI is InChI=1S/C13H7Br2NO3S/c14-7-4-8-9(19-5-12(17)16-8)3-6(7)13(18)10-1-2-11(15)20-10/h1-4H,5H2,(H,16,17). The normalized spacial score (nSPS) is 13.4. The molecule has 1 aliphatic rings. The molecule has 1 N–H and O–H groups in total. The number of anilines is 1. The van der Waals surface area contributed by atoms with Crippen LogP contribution < -0.4 is 10.1 Å². The molecule has 1 aliphatic heterocycles. The summed E-state index contributed by atoms with van der Waals surface area (Å²) >= 11 is 8.08. The average Bonchev–Trinajstić information content (AvgIpc) is 2.84. The largest absolute Gasteiger partial charge is 0.482 e. The molecule has 102 valence electrons. The Hall–Kier alpha value is -1.18. The van der Waals surface area contributed by atoms with Gasteiger partial charge in [0.25, 0.3) is 5.91 Å². The van der Waals surface area contributed by atoms with E-state index in [2.05, 4.69) is 37.2 Å². The van der Waals surface area contributed by atoms with Gasteiger partial charge < -0.3 is 10.1 Å². The molecule has 0 aliphatic carbocycles. The molecule has 0 spiro atoms. The molecule has 7 heteroatoms. The lowest BCUT2D eigenvalue weighted by molar-refractivity contribution is -0.118. The maximum atomic E-state index is 12.4. The molecule has 0 unspecified atom stereocenters. The van der Waals surface area contributed by atoms with Crippen LogP contribution in [-0.2, 0) is 4.79 Å². The zero-order chi connectivity index (χ0) is 14.3. The van der Waals surface area contributed by atoms with Gasteiger partial charge in [-0.3, -0.25) is 9.59 Å². The lowest BCUT2D eigenvalue weighted by atomic mass is 10.1. The van der Waals surface area contributed by atoms with Crippen molar-refractivity contribution >= 4 is 60.6 Å². The highest BCUT2D eigenvalue weighted by atomic mass is 79.9. The van der Waals surface area contributed by atoms with Crippen molar-refractivity contribution in [2.24, 2.45) is 0 Å². The molecule has 3 rings (SSSR count). The molecule has 0 saturated carbocycles. The van der Waals surface area contributed by atoms with E-state index >= 15 is 0 Å². The minimum absolute atomic E-state index is 0.0349. The Labute approximate surface area is 135 Å². The van der Waals surface area contributed by atoms with E-state index in [0.717, 1.165) is 3.79 Å². The minimum Gasteiger partial charge on any atom is -0.482 e. The van der Waals surface area contributed by atoms with Gasteiger partial charge in [0.05, 0.1) is 14.4 Å². The summed E-state index contributed by atoms with van der Waals surface area (Å²) in [6.07, 6.45) is 0. The van der Waals surface area contributed by atoms with E-state index in [0.29, 0.717) is 26.4 Å². The molecule has 2 heterocycles. The fraction of sp³-hybridized carbons (Fsp3) is 0.0769. The molecule has 2 aromatic rings. The Kier molecular flexibility index (Phi) is 3.66. The number of hydrogen-bond donors (Lipinski definition) is 1. The van der Waals surface area contributed by atoms with Gasteiger partial charge in [0.15, 0.2) is 6.61 Å². The Morgan fingerprint density at radius 2 is 2.10 bits per heavy atom. The highest BCUT2D eigenvalue weighted by Gasteiger charge is 2.22. The summed E-state index contributed by atoms with van der Waals surface area (Å²) in [5.74, 6) is 0.216. The van der Waals surface area contributed by atoms with Crippen LogP contribution in [0, 0.1) is 0 Å². The molecular weight excluding hydrogens is 410 g/mol. The molecule has 0 saturated heterocycles. The van der Waals surface area contributed by atoms with Gasteiger partial charge in [-0.2, -0.15) is 0 Å². The van der Waals surface area contributed by atoms with Gasteiger partial charge in [-0.05, 0) is 56.1 Å². The van der Waals surface area contributed by atoms with Crippen molar-refractivity contribution < 1.29 is 14.3 Å². The number of halogens is 2. The van der Waals surface area contributed by atoms with Crippen molar-refractivity contribution in [2.45, 2.75) is 0 Å². The van der Waals surface area contributed by atoms with Gasteiger partial charge in [-0.1, -0.05) is 0 Å². The summed E-state index contributed by atoms with van der Waals surface area (Å²) in [4.78, 5) is 24.3. The highest BCUT2D eigenvalue weighted by Crippen LogP contribution is 2.35. The Balaban J connectivity index is 2.02. The maximum Gasteiger partial charge on any atom is 0.262 e. The van der Waals surface area contributed by atoms with Crippen LogP contribution in [0.4, 0.5) is 5.69 Å². The van der Waals surface area contributed by atoms with Gasteiger partial charge in [0, 0.05) is 10.0 Å². The molecule has 0 atom stereocenters. The second-order valence-electron chi connectivity index (χ2n) is 4.10. The lowest BCUT2D eigenvalue weighted by Crippen LogP contribution is -2.25. The second kappa shape index (κ2) is 5.31.